The summed E-state index contributed by atoms with van der Waals surface area (Å²) < 4.78 is 41.2. The molecule has 0 aromatic heterocycles. The molecule has 0 saturated carbocycles. The molecule has 0 N–H and O–H groups in total. The first-order valence-corrected chi connectivity index (χ1v) is 8.62. The number of hydrogen-bond acceptors (Lipinski definition) is 3. The van der Waals surface area contributed by atoms with Gasteiger partial charge in [0.2, 0.25) is 0 Å². The third-order valence-corrected chi connectivity index (χ3v) is 4.57. The van der Waals surface area contributed by atoms with Crippen LogP contribution >= 0.6 is 38.2 Å². The fourth-order valence-corrected chi connectivity index (χ4v) is 2.89. The van der Waals surface area contributed by atoms with Crippen molar-refractivity contribution < 1.29 is 17.5 Å². The van der Waals surface area contributed by atoms with Crippen LogP contribution in [0.5, 0.6) is 11.5 Å². The summed E-state index contributed by atoms with van der Waals surface area (Å²) in [5.74, 6) is 0.150. The monoisotopic (exact) mass is 398 g/mol. The van der Waals surface area contributed by atoms with Gasteiger partial charge in [0, 0.05) is 10.7 Å². The largest absolute Gasteiger partial charge is 0.455 e. The van der Waals surface area contributed by atoms with Gasteiger partial charge in [0.05, 0.1) is 14.4 Å². The molecular weight excluding hydrogens is 394 g/mol. The lowest BCUT2D eigenvalue weighted by molar-refractivity contribution is 0.477. The van der Waals surface area contributed by atoms with Gasteiger partial charge in [-0.15, -0.1) is 0 Å². The van der Waals surface area contributed by atoms with Crippen molar-refractivity contribution in [3.05, 3.63) is 51.7 Å². The van der Waals surface area contributed by atoms with Crippen LogP contribution in [0.4, 0.5) is 4.39 Å². The van der Waals surface area contributed by atoms with Gasteiger partial charge < -0.3 is 4.74 Å². The Morgan fingerprint density at radius 3 is 2.30 bits per heavy atom. The van der Waals surface area contributed by atoms with Crippen LogP contribution in [0.1, 0.15) is 0 Å². The van der Waals surface area contributed by atoms with E-state index in [0.717, 1.165) is 0 Å². The molecule has 2 aromatic rings. The van der Waals surface area contributed by atoms with E-state index in [4.69, 9.17) is 27.0 Å². The van der Waals surface area contributed by atoms with Crippen LogP contribution in [0.15, 0.2) is 45.8 Å². The van der Waals surface area contributed by atoms with Gasteiger partial charge in [-0.3, -0.25) is 0 Å². The van der Waals surface area contributed by atoms with Gasteiger partial charge in [-0.25, -0.2) is 12.8 Å². The van der Waals surface area contributed by atoms with E-state index in [2.05, 4.69) is 15.9 Å². The van der Waals surface area contributed by atoms with E-state index in [-0.39, 0.29) is 15.7 Å². The van der Waals surface area contributed by atoms with Crippen LogP contribution in [0.3, 0.4) is 0 Å². The van der Waals surface area contributed by atoms with Gasteiger partial charge in [-0.05, 0) is 52.3 Å². The summed E-state index contributed by atoms with van der Waals surface area (Å²) in [4.78, 5) is -0.130. The minimum absolute atomic E-state index is 0.0722. The highest BCUT2D eigenvalue weighted by Crippen LogP contribution is 2.35. The van der Waals surface area contributed by atoms with Crippen LogP contribution in [0.25, 0.3) is 0 Å². The summed E-state index contributed by atoms with van der Waals surface area (Å²) in [5.41, 5.74) is 0. The second-order valence-corrected chi connectivity index (χ2v) is 7.53. The lowest BCUT2D eigenvalue weighted by Crippen LogP contribution is -1.92. The minimum Gasteiger partial charge on any atom is -0.455 e. The normalized spacial score (nSPS) is 11.4. The van der Waals surface area contributed by atoms with E-state index in [1.54, 1.807) is 0 Å². The standard InChI is InChI=1S/C12H6BrCl2FO3S/c13-9-5-7(16)1-3-11(9)19-12-4-2-8(6-10(12)14)20(15,17)18/h1-6H. The molecular formula is C12H6BrCl2FO3S. The molecule has 20 heavy (non-hydrogen) atoms. The maximum Gasteiger partial charge on any atom is 0.261 e. The fourth-order valence-electron chi connectivity index (χ4n) is 1.39. The highest BCUT2D eigenvalue weighted by Gasteiger charge is 2.14. The zero-order valence-corrected chi connectivity index (χ0v) is 13.5. The van der Waals surface area contributed by atoms with E-state index in [0.29, 0.717) is 10.2 Å². The molecule has 0 bridgehead atoms. The molecule has 0 fully saturated rings. The highest BCUT2D eigenvalue weighted by atomic mass is 79.9. The predicted molar refractivity (Wildman–Crippen MR) is 78.7 cm³/mol. The van der Waals surface area contributed by atoms with E-state index in [1.807, 2.05) is 0 Å². The molecule has 0 unspecified atom stereocenters. The van der Waals surface area contributed by atoms with Gasteiger partial charge in [0.1, 0.15) is 17.3 Å². The summed E-state index contributed by atoms with van der Waals surface area (Å²) in [6.45, 7) is 0. The molecule has 2 aromatic carbocycles. The Labute approximate surface area is 132 Å². The molecule has 2 rings (SSSR count). The Morgan fingerprint density at radius 1 is 1.10 bits per heavy atom. The van der Waals surface area contributed by atoms with Crippen molar-refractivity contribution in [2.75, 3.05) is 0 Å². The Bertz CT molecular complexity index is 765. The topological polar surface area (TPSA) is 43.4 Å². The van der Waals surface area contributed by atoms with Crippen molar-refractivity contribution in [1.82, 2.24) is 0 Å². The molecule has 8 heteroatoms. The minimum atomic E-state index is -3.86. The number of benzene rings is 2. The Hall–Kier alpha value is -0.820. The zero-order valence-electron chi connectivity index (χ0n) is 9.61. The molecule has 0 spiro atoms. The number of rotatable bonds is 3. The Kier molecular flexibility index (Phi) is 4.59. The quantitative estimate of drug-likeness (QED) is 0.685. The first-order chi connectivity index (χ1) is 9.27. The summed E-state index contributed by atoms with van der Waals surface area (Å²) >= 11 is 9.08. The smallest absolute Gasteiger partial charge is 0.261 e. The van der Waals surface area contributed by atoms with Crippen LogP contribution in [-0.2, 0) is 9.05 Å². The summed E-state index contributed by atoms with van der Waals surface area (Å²) in [5, 5.41) is 0.0722. The molecule has 0 heterocycles. The van der Waals surface area contributed by atoms with Crippen LogP contribution in [-0.4, -0.2) is 8.42 Å². The lowest BCUT2D eigenvalue weighted by Gasteiger charge is -2.10. The second-order valence-electron chi connectivity index (χ2n) is 3.71. The van der Waals surface area contributed by atoms with E-state index in [1.165, 1.54) is 36.4 Å². The molecule has 0 amide bonds. The van der Waals surface area contributed by atoms with Crippen LogP contribution in [0.2, 0.25) is 5.02 Å². The molecule has 0 aliphatic heterocycles. The van der Waals surface area contributed by atoms with Crippen molar-refractivity contribution >= 4 is 47.3 Å². The molecule has 3 nitrogen and oxygen atoms in total. The van der Waals surface area contributed by atoms with Crippen molar-refractivity contribution in [3.63, 3.8) is 0 Å². The second kappa shape index (κ2) is 5.89. The van der Waals surface area contributed by atoms with Crippen molar-refractivity contribution in [2.24, 2.45) is 0 Å². The van der Waals surface area contributed by atoms with Crippen LogP contribution < -0.4 is 4.74 Å². The molecule has 0 atom stereocenters. The lowest BCUT2D eigenvalue weighted by atomic mass is 10.3. The summed E-state index contributed by atoms with van der Waals surface area (Å²) in [6, 6.07) is 7.69. The fraction of sp³-hybridized carbons (Fsp3) is 0. The number of hydrogen-bond donors (Lipinski definition) is 0. The number of halogens is 4. The molecule has 0 saturated heterocycles. The molecule has 0 radical (unpaired) electrons. The van der Waals surface area contributed by atoms with E-state index < -0.39 is 14.9 Å². The van der Waals surface area contributed by atoms with Crippen molar-refractivity contribution in [1.29, 1.82) is 0 Å². The van der Waals surface area contributed by atoms with Crippen LogP contribution in [0, 0.1) is 5.82 Å². The van der Waals surface area contributed by atoms with Crippen molar-refractivity contribution in [3.8, 4) is 11.5 Å². The summed E-state index contributed by atoms with van der Waals surface area (Å²) in [7, 11) is 1.35. The number of ether oxygens (including phenoxy) is 1. The molecule has 0 aliphatic carbocycles. The SMILES string of the molecule is O=S(=O)(Cl)c1ccc(Oc2ccc(F)cc2Br)c(Cl)c1. The maximum atomic E-state index is 13.0. The van der Waals surface area contributed by atoms with E-state index >= 15 is 0 Å². The van der Waals surface area contributed by atoms with Gasteiger partial charge >= 0.3 is 0 Å². The van der Waals surface area contributed by atoms with Gasteiger partial charge in [-0.2, -0.15) is 0 Å². The third kappa shape index (κ3) is 3.63. The third-order valence-electron chi connectivity index (χ3n) is 2.30. The zero-order chi connectivity index (χ0) is 14.9. The highest BCUT2D eigenvalue weighted by molar-refractivity contribution is 9.10. The molecule has 106 valence electrons. The van der Waals surface area contributed by atoms with Gasteiger partial charge in [0.15, 0.2) is 0 Å². The first kappa shape index (κ1) is 15.6. The first-order valence-electron chi connectivity index (χ1n) is 5.14. The summed E-state index contributed by atoms with van der Waals surface area (Å²) in [6.07, 6.45) is 0. The van der Waals surface area contributed by atoms with E-state index in [9.17, 15) is 12.8 Å². The van der Waals surface area contributed by atoms with Gasteiger partial charge in [0.25, 0.3) is 9.05 Å². The Morgan fingerprint density at radius 2 is 1.75 bits per heavy atom. The van der Waals surface area contributed by atoms with Gasteiger partial charge in [-0.1, -0.05) is 11.6 Å². The average Bonchev–Trinajstić information content (AvgIpc) is 2.33. The average molecular weight is 400 g/mol. The maximum absolute atomic E-state index is 13.0. The Balaban J connectivity index is 2.35. The predicted octanol–water partition coefficient (Wildman–Crippen LogP) is 4.96. The van der Waals surface area contributed by atoms with Crippen molar-refractivity contribution in [2.45, 2.75) is 4.90 Å². The molecule has 0 aliphatic rings.